The van der Waals surface area contributed by atoms with E-state index in [-0.39, 0.29) is 28.2 Å². The summed E-state index contributed by atoms with van der Waals surface area (Å²) < 4.78 is 34.3. The van der Waals surface area contributed by atoms with Crippen molar-refractivity contribution in [1.82, 2.24) is 9.71 Å². The predicted molar refractivity (Wildman–Crippen MR) is 121 cm³/mol. The number of rotatable bonds is 7. The van der Waals surface area contributed by atoms with Gasteiger partial charge in [-0.1, -0.05) is 19.8 Å². The minimum atomic E-state index is -3.85. The summed E-state index contributed by atoms with van der Waals surface area (Å²) in [6.07, 6.45) is 5.47. The van der Waals surface area contributed by atoms with Crippen LogP contribution in [0.3, 0.4) is 0 Å². The number of anilines is 2. The van der Waals surface area contributed by atoms with E-state index < -0.39 is 15.9 Å². The molecule has 1 saturated carbocycles. The average Bonchev–Trinajstić information content (AvgIpc) is 2.75. The molecule has 1 amide bonds. The third-order valence-corrected chi connectivity index (χ3v) is 7.11. The molecule has 8 nitrogen and oxygen atoms in total. The van der Waals surface area contributed by atoms with Crippen LogP contribution in [-0.4, -0.2) is 46.6 Å². The summed E-state index contributed by atoms with van der Waals surface area (Å²) in [6.45, 7) is 2.06. The largest absolute Gasteiger partial charge is 0.495 e. The van der Waals surface area contributed by atoms with E-state index >= 15 is 0 Å². The molecule has 0 bridgehead atoms. The molecular formula is C22H30N4O4S. The van der Waals surface area contributed by atoms with Gasteiger partial charge in [-0.3, -0.25) is 4.79 Å². The molecule has 2 N–H and O–H groups in total. The summed E-state index contributed by atoms with van der Waals surface area (Å²) in [7, 11) is 1.31. The van der Waals surface area contributed by atoms with E-state index in [4.69, 9.17) is 4.74 Å². The molecule has 1 fully saturated rings. The standard InChI is InChI=1S/C22H30N4O4S/c1-15-7-5-6-8-18(15)25-31(28,29)20-13-16(9-11-19(20)30-4)22(27)24-17-10-12-21(23-14-17)26(2)3/h9-15,18,25H,5-8H2,1-4H3,(H,24,27)/t15-,18+/m0/s1. The zero-order valence-electron chi connectivity index (χ0n) is 18.4. The fraction of sp³-hybridized carbons (Fsp3) is 0.455. The van der Waals surface area contributed by atoms with E-state index in [0.29, 0.717) is 5.69 Å². The number of nitrogens with one attached hydrogen (secondary N) is 2. The van der Waals surface area contributed by atoms with Crippen molar-refractivity contribution >= 4 is 27.4 Å². The zero-order chi connectivity index (χ0) is 22.6. The van der Waals surface area contributed by atoms with Crippen LogP contribution in [0.25, 0.3) is 0 Å². The van der Waals surface area contributed by atoms with Gasteiger partial charge in [-0.25, -0.2) is 18.1 Å². The predicted octanol–water partition coefficient (Wildman–Crippen LogP) is 3.27. The lowest BCUT2D eigenvalue weighted by atomic mass is 9.87. The van der Waals surface area contributed by atoms with Gasteiger partial charge in [-0.05, 0) is 49.1 Å². The number of carbonyl (C=O) groups is 1. The zero-order valence-corrected chi connectivity index (χ0v) is 19.2. The molecule has 1 aromatic carbocycles. The molecule has 1 heterocycles. The Hall–Kier alpha value is -2.65. The number of aromatic nitrogens is 1. The van der Waals surface area contributed by atoms with Gasteiger partial charge in [-0.2, -0.15) is 0 Å². The maximum Gasteiger partial charge on any atom is 0.255 e. The Balaban J connectivity index is 1.82. The molecule has 0 unspecified atom stereocenters. The quantitative estimate of drug-likeness (QED) is 0.677. The van der Waals surface area contributed by atoms with E-state index in [2.05, 4.69) is 21.9 Å². The van der Waals surface area contributed by atoms with Crippen molar-refractivity contribution in [2.24, 2.45) is 5.92 Å². The van der Waals surface area contributed by atoms with E-state index in [0.717, 1.165) is 31.5 Å². The number of methoxy groups -OCH3 is 1. The number of hydrogen-bond donors (Lipinski definition) is 2. The van der Waals surface area contributed by atoms with Crippen LogP contribution >= 0.6 is 0 Å². The Morgan fingerprint density at radius 1 is 1.16 bits per heavy atom. The highest BCUT2D eigenvalue weighted by atomic mass is 32.2. The van der Waals surface area contributed by atoms with Gasteiger partial charge in [-0.15, -0.1) is 0 Å². The SMILES string of the molecule is COc1ccc(C(=O)Nc2ccc(N(C)C)nc2)cc1S(=O)(=O)N[C@@H]1CCCC[C@@H]1C. The number of sulfonamides is 1. The van der Waals surface area contributed by atoms with Crippen LogP contribution in [0.5, 0.6) is 5.75 Å². The minimum absolute atomic E-state index is 0.0403. The topological polar surface area (TPSA) is 101 Å². The summed E-state index contributed by atoms with van der Waals surface area (Å²) in [6, 6.07) is 7.80. The fourth-order valence-corrected chi connectivity index (χ4v) is 5.28. The van der Waals surface area contributed by atoms with Crippen LogP contribution in [0.4, 0.5) is 11.5 Å². The first-order valence-electron chi connectivity index (χ1n) is 10.4. The Kier molecular flexibility index (Phi) is 7.17. The first kappa shape index (κ1) is 23.0. The van der Waals surface area contributed by atoms with Crippen molar-refractivity contribution < 1.29 is 17.9 Å². The Labute approximate surface area is 184 Å². The maximum atomic E-state index is 13.1. The fourth-order valence-electron chi connectivity index (χ4n) is 3.71. The van der Waals surface area contributed by atoms with Crippen LogP contribution in [0.2, 0.25) is 0 Å². The lowest BCUT2D eigenvalue weighted by Crippen LogP contribution is -2.41. The number of carbonyl (C=O) groups excluding carboxylic acids is 1. The number of pyridine rings is 1. The van der Waals surface area contributed by atoms with Crippen molar-refractivity contribution in [3.63, 3.8) is 0 Å². The normalized spacial score (nSPS) is 19.0. The third kappa shape index (κ3) is 5.54. The van der Waals surface area contributed by atoms with Gasteiger partial charge in [0.2, 0.25) is 10.0 Å². The summed E-state index contributed by atoms with van der Waals surface area (Å²) in [5.41, 5.74) is 0.736. The molecule has 0 radical (unpaired) electrons. The van der Waals surface area contributed by atoms with E-state index in [9.17, 15) is 13.2 Å². The van der Waals surface area contributed by atoms with Crippen LogP contribution < -0.4 is 19.7 Å². The van der Waals surface area contributed by atoms with Crippen LogP contribution in [0.1, 0.15) is 43.0 Å². The third-order valence-electron chi connectivity index (χ3n) is 5.60. The first-order valence-corrected chi connectivity index (χ1v) is 11.8. The van der Waals surface area contributed by atoms with Crippen molar-refractivity contribution in [2.75, 3.05) is 31.4 Å². The lowest BCUT2D eigenvalue weighted by molar-refractivity contribution is 0.102. The number of ether oxygens (including phenoxy) is 1. The second kappa shape index (κ2) is 9.65. The van der Waals surface area contributed by atoms with Gasteiger partial charge >= 0.3 is 0 Å². The average molecular weight is 447 g/mol. The summed E-state index contributed by atoms with van der Waals surface area (Å²) in [4.78, 5) is 18.8. The van der Waals surface area contributed by atoms with Crippen LogP contribution in [-0.2, 0) is 10.0 Å². The molecule has 9 heteroatoms. The van der Waals surface area contributed by atoms with E-state index in [1.54, 1.807) is 18.3 Å². The molecule has 1 aliphatic rings. The maximum absolute atomic E-state index is 13.1. The molecule has 168 valence electrons. The first-order chi connectivity index (χ1) is 14.7. The molecule has 2 aromatic rings. The summed E-state index contributed by atoms with van der Waals surface area (Å²) in [5.74, 6) is 0.798. The van der Waals surface area contributed by atoms with Crippen molar-refractivity contribution in [3.8, 4) is 5.75 Å². The van der Waals surface area contributed by atoms with E-state index in [1.165, 1.54) is 25.3 Å². The summed E-state index contributed by atoms with van der Waals surface area (Å²) in [5, 5.41) is 2.75. The Morgan fingerprint density at radius 2 is 1.90 bits per heavy atom. The molecule has 2 atom stereocenters. The highest BCUT2D eigenvalue weighted by Gasteiger charge is 2.29. The minimum Gasteiger partial charge on any atom is -0.495 e. The van der Waals surface area contributed by atoms with E-state index in [1.807, 2.05) is 19.0 Å². The van der Waals surface area contributed by atoms with Crippen LogP contribution in [0.15, 0.2) is 41.4 Å². The molecule has 0 spiro atoms. The second-order valence-electron chi connectivity index (χ2n) is 8.11. The monoisotopic (exact) mass is 446 g/mol. The molecule has 0 aliphatic heterocycles. The van der Waals surface area contributed by atoms with Gasteiger partial charge < -0.3 is 15.0 Å². The van der Waals surface area contributed by atoms with Crippen molar-refractivity contribution in [3.05, 3.63) is 42.1 Å². The smallest absolute Gasteiger partial charge is 0.255 e. The molecule has 1 aliphatic carbocycles. The van der Waals surface area contributed by atoms with Gasteiger partial charge in [0.15, 0.2) is 0 Å². The van der Waals surface area contributed by atoms with Gasteiger partial charge in [0.1, 0.15) is 16.5 Å². The number of benzene rings is 1. The number of amides is 1. The number of nitrogens with zero attached hydrogens (tertiary/aromatic N) is 2. The van der Waals surface area contributed by atoms with Gasteiger partial charge in [0, 0.05) is 25.7 Å². The van der Waals surface area contributed by atoms with Crippen molar-refractivity contribution in [1.29, 1.82) is 0 Å². The van der Waals surface area contributed by atoms with Crippen LogP contribution in [0, 0.1) is 5.92 Å². The van der Waals surface area contributed by atoms with Crippen molar-refractivity contribution in [2.45, 2.75) is 43.5 Å². The molecule has 31 heavy (non-hydrogen) atoms. The second-order valence-corrected chi connectivity index (χ2v) is 9.79. The van der Waals surface area contributed by atoms with Gasteiger partial charge in [0.05, 0.1) is 19.0 Å². The molecular weight excluding hydrogens is 416 g/mol. The lowest BCUT2D eigenvalue weighted by Gasteiger charge is -2.29. The Bertz CT molecular complexity index is 1020. The van der Waals surface area contributed by atoms with Gasteiger partial charge in [0.25, 0.3) is 5.91 Å². The highest BCUT2D eigenvalue weighted by molar-refractivity contribution is 7.89. The molecule has 0 saturated heterocycles. The summed E-state index contributed by atoms with van der Waals surface area (Å²) >= 11 is 0. The molecule has 3 rings (SSSR count). The number of hydrogen-bond acceptors (Lipinski definition) is 6. The Morgan fingerprint density at radius 3 is 2.52 bits per heavy atom. The highest BCUT2D eigenvalue weighted by Crippen LogP contribution is 2.29. The molecule has 1 aromatic heterocycles.